The largest absolute Gasteiger partial charge is 0.360 e. The van der Waals surface area contributed by atoms with Crippen LogP contribution in [-0.2, 0) is 9.84 Å². The molecule has 1 aliphatic heterocycles. The summed E-state index contributed by atoms with van der Waals surface area (Å²) in [6.45, 7) is 0. The van der Waals surface area contributed by atoms with Crippen molar-refractivity contribution in [3.63, 3.8) is 0 Å². The molecule has 1 aliphatic rings. The van der Waals surface area contributed by atoms with Crippen molar-refractivity contribution < 1.29 is 17.6 Å². The average Bonchev–Trinajstić information content (AvgIpc) is 2.91. The van der Waals surface area contributed by atoms with Gasteiger partial charge in [0.15, 0.2) is 15.6 Å². The number of ketones is 1. The molecular formula is C13H12FNO3S. The van der Waals surface area contributed by atoms with E-state index in [-0.39, 0.29) is 23.1 Å². The molecule has 1 saturated heterocycles. The lowest BCUT2D eigenvalue weighted by Gasteiger charge is -2.05. The molecule has 1 N–H and O–H groups in total. The van der Waals surface area contributed by atoms with Gasteiger partial charge in [-0.3, -0.25) is 4.79 Å². The van der Waals surface area contributed by atoms with Gasteiger partial charge in [-0.2, -0.15) is 0 Å². The second-order valence-corrected chi connectivity index (χ2v) is 7.09. The van der Waals surface area contributed by atoms with Crippen molar-refractivity contribution in [3.05, 3.63) is 35.8 Å². The molecule has 0 radical (unpaired) electrons. The summed E-state index contributed by atoms with van der Waals surface area (Å²) >= 11 is 0. The van der Waals surface area contributed by atoms with Crippen LogP contribution < -0.4 is 0 Å². The van der Waals surface area contributed by atoms with Gasteiger partial charge in [-0.15, -0.1) is 0 Å². The van der Waals surface area contributed by atoms with Gasteiger partial charge in [-0.1, -0.05) is 0 Å². The van der Waals surface area contributed by atoms with Crippen molar-refractivity contribution >= 4 is 26.5 Å². The second kappa shape index (κ2) is 4.16. The maximum atomic E-state index is 13.1. The van der Waals surface area contributed by atoms with Gasteiger partial charge in [0.25, 0.3) is 0 Å². The molecule has 1 fully saturated rings. The number of rotatable bonds is 2. The van der Waals surface area contributed by atoms with E-state index < -0.39 is 15.8 Å². The first-order valence-electron chi connectivity index (χ1n) is 5.97. The summed E-state index contributed by atoms with van der Waals surface area (Å²) < 4.78 is 35.9. The molecule has 1 aromatic carbocycles. The standard InChI is InChI=1S/C13H12FNO3S/c14-9-1-2-10-11(6-15-12(10)5-9)13(16)8-3-4-19(17,18)7-8/h1-2,5-6,8,15H,3-4,7H2. The van der Waals surface area contributed by atoms with E-state index in [1.165, 1.54) is 24.4 Å². The van der Waals surface area contributed by atoms with Crippen molar-refractivity contribution in [2.45, 2.75) is 6.42 Å². The quantitative estimate of drug-likeness (QED) is 0.855. The predicted octanol–water partition coefficient (Wildman–Crippen LogP) is 1.92. The van der Waals surface area contributed by atoms with Crippen molar-refractivity contribution in [2.75, 3.05) is 11.5 Å². The SMILES string of the molecule is O=C(c1c[nH]c2cc(F)ccc12)C1CCS(=O)(=O)C1. The Morgan fingerprint density at radius 3 is 2.84 bits per heavy atom. The zero-order valence-corrected chi connectivity index (χ0v) is 10.8. The van der Waals surface area contributed by atoms with E-state index in [1.54, 1.807) is 0 Å². The number of aromatic amines is 1. The summed E-state index contributed by atoms with van der Waals surface area (Å²) in [4.78, 5) is 15.2. The summed E-state index contributed by atoms with van der Waals surface area (Å²) in [5.41, 5.74) is 0.987. The van der Waals surface area contributed by atoms with Crippen LogP contribution in [0.15, 0.2) is 24.4 Å². The number of hydrogen-bond donors (Lipinski definition) is 1. The Hall–Kier alpha value is -1.69. The minimum atomic E-state index is -3.08. The van der Waals surface area contributed by atoms with Gasteiger partial charge < -0.3 is 4.98 Å². The predicted molar refractivity (Wildman–Crippen MR) is 69.3 cm³/mol. The fourth-order valence-electron chi connectivity index (χ4n) is 2.52. The molecule has 0 spiro atoms. The van der Waals surface area contributed by atoms with Gasteiger partial charge in [-0.05, 0) is 24.6 Å². The van der Waals surface area contributed by atoms with Crippen LogP contribution in [0.25, 0.3) is 10.9 Å². The Kier molecular flexibility index (Phi) is 2.70. The summed E-state index contributed by atoms with van der Waals surface area (Å²) in [7, 11) is -3.08. The molecule has 3 rings (SSSR count). The Morgan fingerprint density at radius 1 is 1.37 bits per heavy atom. The number of halogens is 1. The van der Waals surface area contributed by atoms with Crippen LogP contribution in [0.3, 0.4) is 0 Å². The van der Waals surface area contributed by atoms with E-state index in [0.29, 0.717) is 22.9 Å². The van der Waals surface area contributed by atoms with Crippen LogP contribution >= 0.6 is 0 Å². The fraction of sp³-hybridized carbons (Fsp3) is 0.308. The summed E-state index contributed by atoms with van der Waals surface area (Å²) in [5, 5.41) is 0.635. The van der Waals surface area contributed by atoms with Crippen LogP contribution in [0.5, 0.6) is 0 Å². The lowest BCUT2D eigenvalue weighted by molar-refractivity contribution is 0.0935. The topological polar surface area (TPSA) is 67.0 Å². The molecule has 0 amide bonds. The average molecular weight is 281 g/mol. The number of aromatic nitrogens is 1. The van der Waals surface area contributed by atoms with E-state index >= 15 is 0 Å². The third kappa shape index (κ3) is 2.16. The van der Waals surface area contributed by atoms with Crippen molar-refractivity contribution in [2.24, 2.45) is 5.92 Å². The number of benzene rings is 1. The molecule has 0 bridgehead atoms. The minimum Gasteiger partial charge on any atom is -0.360 e. The maximum Gasteiger partial charge on any atom is 0.169 e. The Balaban J connectivity index is 1.99. The van der Waals surface area contributed by atoms with Crippen molar-refractivity contribution in [3.8, 4) is 0 Å². The van der Waals surface area contributed by atoms with Crippen LogP contribution in [0.1, 0.15) is 16.8 Å². The molecule has 1 unspecified atom stereocenters. The summed E-state index contributed by atoms with van der Waals surface area (Å²) in [6.07, 6.45) is 1.90. The van der Waals surface area contributed by atoms with Gasteiger partial charge >= 0.3 is 0 Å². The van der Waals surface area contributed by atoms with Crippen molar-refractivity contribution in [1.82, 2.24) is 4.98 Å². The number of hydrogen-bond acceptors (Lipinski definition) is 3. The smallest absolute Gasteiger partial charge is 0.169 e. The molecule has 19 heavy (non-hydrogen) atoms. The minimum absolute atomic E-state index is 0.0698. The maximum absolute atomic E-state index is 13.1. The number of carbonyl (C=O) groups is 1. The molecular weight excluding hydrogens is 269 g/mol. The first kappa shape index (κ1) is 12.3. The molecule has 2 heterocycles. The second-order valence-electron chi connectivity index (χ2n) is 4.86. The van der Waals surface area contributed by atoms with E-state index in [9.17, 15) is 17.6 Å². The third-order valence-corrected chi connectivity index (χ3v) is 5.28. The van der Waals surface area contributed by atoms with Crippen LogP contribution in [0.4, 0.5) is 4.39 Å². The van der Waals surface area contributed by atoms with Gasteiger partial charge in [0, 0.05) is 28.6 Å². The lowest BCUT2D eigenvalue weighted by Crippen LogP contribution is -2.15. The van der Waals surface area contributed by atoms with Crippen LogP contribution in [-0.4, -0.2) is 30.7 Å². The molecule has 4 nitrogen and oxygen atoms in total. The molecule has 100 valence electrons. The number of nitrogens with one attached hydrogen (secondary N) is 1. The normalized spacial score (nSPS) is 21.8. The van der Waals surface area contributed by atoms with Gasteiger partial charge in [0.1, 0.15) is 5.82 Å². The van der Waals surface area contributed by atoms with E-state index in [1.807, 2.05) is 0 Å². The summed E-state index contributed by atoms with van der Waals surface area (Å²) in [5.74, 6) is -1.05. The van der Waals surface area contributed by atoms with E-state index in [0.717, 1.165) is 0 Å². The number of Topliss-reactive ketones (excluding diaryl/α,β-unsaturated/α-hetero) is 1. The van der Waals surface area contributed by atoms with E-state index in [4.69, 9.17) is 0 Å². The number of H-pyrrole nitrogens is 1. The highest BCUT2D eigenvalue weighted by Crippen LogP contribution is 2.27. The zero-order valence-electron chi connectivity index (χ0n) is 10.0. The van der Waals surface area contributed by atoms with Gasteiger partial charge in [-0.25, -0.2) is 12.8 Å². The van der Waals surface area contributed by atoms with Gasteiger partial charge in [0.2, 0.25) is 0 Å². The highest BCUT2D eigenvalue weighted by molar-refractivity contribution is 7.91. The zero-order chi connectivity index (χ0) is 13.6. The molecule has 1 atom stereocenters. The Labute approximate surface area is 109 Å². The Bertz CT molecular complexity index is 763. The van der Waals surface area contributed by atoms with E-state index in [2.05, 4.69) is 4.98 Å². The molecule has 0 aliphatic carbocycles. The first-order valence-corrected chi connectivity index (χ1v) is 7.80. The number of sulfone groups is 1. The van der Waals surface area contributed by atoms with Crippen LogP contribution in [0.2, 0.25) is 0 Å². The lowest BCUT2D eigenvalue weighted by atomic mass is 9.97. The molecule has 1 aromatic heterocycles. The number of carbonyl (C=O) groups excluding carboxylic acids is 1. The highest BCUT2D eigenvalue weighted by Gasteiger charge is 2.34. The highest BCUT2D eigenvalue weighted by atomic mass is 32.2. The van der Waals surface area contributed by atoms with Crippen LogP contribution in [0, 0.1) is 11.7 Å². The Morgan fingerprint density at radius 2 is 2.16 bits per heavy atom. The fourth-order valence-corrected chi connectivity index (χ4v) is 4.27. The molecule has 2 aromatic rings. The number of fused-ring (bicyclic) bond motifs is 1. The monoisotopic (exact) mass is 281 g/mol. The third-order valence-electron chi connectivity index (χ3n) is 3.51. The van der Waals surface area contributed by atoms with Crippen molar-refractivity contribution in [1.29, 1.82) is 0 Å². The summed E-state index contributed by atoms with van der Waals surface area (Å²) in [6, 6.07) is 4.15. The van der Waals surface area contributed by atoms with Gasteiger partial charge in [0.05, 0.1) is 11.5 Å². The molecule has 0 saturated carbocycles. The molecule has 6 heteroatoms. The first-order chi connectivity index (χ1) is 8.96.